The Morgan fingerprint density at radius 2 is 2.13 bits per heavy atom. The first-order chi connectivity index (χ1) is 10.8. The third-order valence-corrected chi connectivity index (χ3v) is 6.39. The largest absolute Gasteiger partial charge is 0.273 e. The number of rotatable bonds is 7. The molecule has 0 aliphatic rings. The summed E-state index contributed by atoms with van der Waals surface area (Å²) in [6.45, 7) is 3.58. The number of nitro benzene ring substituents is 1. The van der Waals surface area contributed by atoms with Crippen molar-refractivity contribution in [3.63, 3.8) is 0 Å². The number of aromatic nitrogens is 2. The summed E-state index contributed by atoms with van der Waals surface area (Å²) in [5, 5.41) is 18.7. The molecule has 0 spiro atoms. The predicted octanol–water partition coefficient (Wildman–Crippen LogP) is 3.06. The van der Waals surface area contributed by atoms with Gasteiger partial charge < -0.3 is 0 Å². The minimum absolute atomic E-state index is 0.131. The van der Waals surface area contributed by atoms with Gasteiger partial charge in [0.05, 0.1) is 9.82 Å². The van der Waals surface area contributed by atoms with E-state index in [0.717, 1.165) is 29.6 Å². The molecule has 0 saturated heterocycles. The zero-order valence-electron chi connectivity index (χ0n) is 12.3. The maximum atomic E-state index is 12.3. The van der Waals surface area contributed by atoms with Crippen LogP contribution in [0.2, 0.25) is 0 Å². The van der Waals surface area contributed by atoms with E-state index in [0.29, 0.717) is 9.90 Å². The summed E-state index contributed by atoms with van der Waals surface area (Å²) in [4.78, 5) is 10.1. The van der Waals surface area contributed by atoms with E-state index >= 15 is 0 Å². The SMILES string of the molecule is CCCSc1nnc(NS(=O)(=O)c2ccc(C)c([N+](=O)[O-])c2)s1. The molecule has 2 rings (SSSR count). The van der Waals surface area contributed by atoms with E-state index in [9.17, 15) is 18.5 Å². The number of nitrogens with zero attached hydrogens (tertiary/aromatic N) is 3. The van der Waals surface area contributed by atoms with Gasteiger partial charge in [0, 0.05) is 17.4 Å². The van der Waals surface area contributed by atoms with Crippen LogP contribution in [-0.4, -0.2) is 29.3 Å². The monoisotopic (exact) mass is 374 g/mol. The highest BCUT2D eigenvalue weighted by atomic mass is 32.2. The number of thioether (sulfide) groups is 1. The van der Waals surface area contributed by atoms with Gasteiger partial charge in [-0.1, -0.05) is 36.1 Å². The lowest BCUT2D eigenvalue weighted by Gasteiger charge is -2.05. The van der Waals surface area contributed by atoms with Gasteiger partial charge in [-0.15, -0.1) is 10.2 Å². The molecular weight excluding hydrogens is 360 g/mol. The summed E-state index contributed by atoms with van der Waals surface area (Å²) in [6, 6.07) is 3.75. The lowest BCUT2D eigenvalue weighted by atomic mass is 10.2. The van der Waals surface area contributed by atoms with Gasteiger partial charge in [-0.05, 0) is 19.4 Å². The van der Waals surface area contributed by atoms with Crippen LogP contribution in [0.4, 0.5) is 10.8 Å². The van der Waals surface area contributed by atoms with Crippen molar-refractivity contribution in [2.75, 3.05) is 10.5 Å². The number of hydrogen-bond donors (Lipinski definition) is 1. The number of aryl methyl sites for hydroxylation is 1. The van der Waals surface area contributed by atoms with Gasteiger partial charge in [-0.25, -0.2) is 8.42 Å². The zero-order valence-corrected chi connectivity index (χ0v) is 14.8. The topological polar surface area (TPSA) is 115 Å². The maximum Gasteiger partial charge on any atom is 0.273 e. The van der Waals surface area contributed by atoms with Crippen LogP contribution in [0.25, 0.3) is 0 Å². The molecule has 1 aromatic carbocycles. The Kier molecular flexibility index (Phi) is 5.55. The van der Waals surface area contributed by atoms with Gasteiger partial charge in [0.15, 0.2) is 4.34 Å². The van der Waals surface area contributed by atoms with Crippen molar-refractivity contribution < 1.29 is 13.3 Å². The molecule has 1 heterocycles. The highest BCUT2D eigenvalue weighted by molar-refractivity contribution is 8.01. The Hall–Kier alpha value is -1.72. The second kappa shape index (κ2) is 7.23. The number of benzene rings is 1. The van der Waals surface area contributed by atoms with E-state index in [4.69, 9.17) is 0 Å². The lowest BCUT2D eigenvalue weighted by Crippen LogP contribution is -2.13. The van der Waals surface area contributed by atoms with E-state index in [1.807, 2.05) is 6.92 Å². The van der Waals surface area contributed by atoms with E-state index in [1.165, 1.54) is 23.9 Å². The summed E-state index contributed by atoms with van der Waals surface area (Å²) in [5.41, 5.74) is 0.146. The van der Waals surface area contributed by atoms with E-state index in [1.54, 1.807) is 6.92 Å². The first kappa shape index (κ1) is 17.6. The van der Waals surface area contributed by atoms with Crippen molar-refractivity contribution in [1.29, 1.82) is 0 Å². The molecule has 8 nitrogen and oxygen atoms in total. The minimum atomic E-state index is -3.95. The second-order valence-corrected chi connectivity index (χ2v) is 8.53. The van der Waals surface area contributed by atoms with Crippen LogP contribution >= 0.6 is 23.1 Å². The molecule has 0 radical (unpaired) electrons. The van der Waals surface area contributed by atoms with Crippen molar-refractivity contribution in [3.8, 4) is 0 Å². The Morgan fingerprint density at radius 1 is 1.39 bits per heavy atom. The second-order valence-electron chi connectivity index (χ2n) is 4.53. The first-order valence-corrected chi connectivity index (χ1v) is 9.86. The van der Waals surface area contributed by atoms with Crippen LogP contribution in [0.3, 0.4) is 0 Å². The summed E-state index contributed by atoms with van der Waals surface area (Å²) in [5.74, 6) is 0.867. The van der Waals surface area contributed by atoms with Crippen molar-refractivity contribution in [2.24, 2.45) is 0 Å². The number of nitrogens with one attached hydrogen (secondary N) is 1. The van der Waals surface area contributed by atoms with Gasteiger partial charge in [-0.2, -0.15) is 0 Å². The van der Waals surface area contributed by atoms with E-state index in [-0.39, 0.29) is 15.7 Å². The lowest BCUT2D eigenvalue weighted by molar-refractivity contribution is -0.385. The number of anilines is 1. The molecule has 2 aromatic rings. The van der Waals surface area contributed by atoms with Crippen LogP contribution < -0.4 is 4.72 Å². The van der Waals surface area contributed by atoms with Crippen LogP contribution in [0.1, 0.15) is 18.9 Å². The maximum absolute atomic E-state index is 12.3. The number of hydrogen-bond acceptors (Lipinski definition) is 8. The van der Waals surface area contributed by atoms with Crippen molar-refractivity contribution in [1.82, 2.24) is 10.2 Å². The molecule has 0 aliphatic heterocycles. The molecule has 0 amide bonds. The standard InChI is InChI=1S/C12H14N4O4S3/c1-3-6-21-12-14-13-11(22-12)15-23(19,20)9-5-4-8(2)10(7-9)16(17)18/h4-5,7H,3,6H2,1-2H3,(H,13,15). The van der Waals surface area contributed by atoms with Gasteiger partial charge in [0.25, 0.3) is 15.7 Å². The van der Waals surface area contributed by atoms with E-state index < -0.39 is 14.9 Å². The number of nitro groups is 1. The Morgan fingerprint density at radius 3 is 2.78 bits per heavy atom. The van der Waals surface area contributed by atoms with Gasteiger partial charge in [0.1, 0.15) is 0 Å². The molecule has 23 heavy (non-hydrogen) atoms. The third kappa shape index (κ3) is 4.39. The zero-order chi connectivity index (χ0) is 17.0. The van der Waals surface area contributed by atoms with Gasteiger partial charge in [-0.3, -0.25) is 14.8 Å². The summed E-state index contributed by atoms with van der Waals surface area (Å²) in [6.07, 6.45) is 0.971. The predicted molar refractivity (Wildman–Crippen MR) is 89.6 cm³/mol. The molecule has 0 bridgehead atoms. The van der Waals surface area contributed by atoms with E-state index in [2.05, 4.69) is 14.9 Å². The van der Waals surface area contributed by atoms with Crippen LogP contribution in [0.5, 0.6) is 0 Å². The molecule has 0 aliphatic carbocycles. The molecule has 1 aromatic heterocycles. The first-order valence-electron chi connectivity index (χ1n) is 6.57. The van der Waals surface area contributed by atoms with Crippen LogP contribution in [0, 0.1) is 17.0 Å². The van der Waals surface area contributed by atoms with Crippen LogP contribution in [-0.2, 0) is 10.0 Å². The van der Waals surface area contributed by atoms with Gasteiger partial charge in [0.2, 0.25) is 5.13 Å². The summed E-state index contributed by atoms with van der Waals surface area (Å²) in [7, 11) is -3.95. The fourth-order valence-electron chi connectivity index (χ4n) is 1.63. The minimum Gasteiger partial charge on any atom is -0.258 e. The summed E-state index contributed by atoms with van der Waals surface area (Å²) < 4.78 is 27.6. The Balaban J connectivity index is 2.23. The molecule has 11 heteroatoms. The molecule has 0 fully saturated rings. The average Bonchev–Trinajstić information content (AvgIpc) is 2.91. The molecule has 0 unspecified atom stereocenters. The highest BCUT2D eigenvalue weighted by Crippen LogP contribution is 2.28. The fourth-order valence-corrected chi connectivity index (χ4v) is 4.55. The Bertz CT molecular complexity index is 819. The molecule has 124 valence electrons. The smallest absolute Gasteiger partial charge is 0.258 e. The highest BCUT2D eigenvalue weighted by Gasteiger charge is 2.21. The number of sulfonamides is 1. The fraction of sp³-hybridized carbons (Fsp3) is 0.333. The molecular formula is C12H14N4O4S3. The van der Waals surface area contributed by atoms with Crippen molar-refractivity contribution >= 4 is 43.9 Å². The Labute approximate surface area is 141 Å². The molecule has 1 N–H and O–H groups in total. The summed E-state index contributed by atoms with van der Waals surface area (Å²) >= 11 is 2.62. The van der Waals surface area contributed by atoms with Crippen LogP contribution in [0.15, 0.2) is 27.4 Å². The van der Waals surface area contributed by atoms with Crippen molar-refractivity contribution in [3.05, 3.63) is 33.9 Å². The molecule has 0 atom stereocenters. The normalized spacial score (nSPS) is 11.4. The molecule has 0 saturated carbocycles. The quantitative estimate of drug-likeness (QED) is 0.450. The average molecular weight is 374 g/mol. The third-order valence-electron chi connectivity index (χ3n) is 2.75. The van der Waals surface area contributed by atoms with Gasteiger partial charge >= 0.3 is 0 Å². The van der Waals surface area contributed by atoms with Crippen molar-refractivity contribution in [2.45, 2.75) is 29.5 Å².